The fourth-order valence-electron chi connectivity index (χ4n) is 4.70. The molecule has 0 aliphatic carbocycles. The van der Waals surface area contributed by atoms with E-state index in [-0.39, 0.29) is 0 Å². The van der Waals surface area contributed by atoms with E-state index in [9.17, 15) is 0 Å². The Kier molecular flexibility index (Phi) is 4.86. The number of hydrogen-bond acceptors (Lipinski definition) is 1. The molecule has 0 spiro atoms. The summed E-state index contributed by atoms with van der Waals surface area (Å²) in [5.41, 5.74) is 7.10. The van der Waals surface area contributed by atoms with Crippen LogP contribution >= 0.6 is 0 Å². The predicted molar refractivity (Wildman–Crippen MR) is 142 cm³/mol. The van der Waals surface area contributed by atoms with E-state index in [4.69, 9.17) is 0 Å². The molecule has 1 nitrogen and oxygen atoms in total. The highest BCUT2D eigenvalue weighted by atomic mass is 14.9. The van der Waals surface area contributed by atoms with Crippen LogP contribution in [0.1, 0.15) is 0 Å². The van der Waals surface area contributed by atoms with E-state index in [0.29, 0.717) is 0 Å². The van der Waals surface area contributed by atoms with Crippen LogP contribution in [0.4, 0.5) is 11.4 Å². The highest BCUT2D eigenvalue weighted by Gasteiger charge is 2.17. The van der Waals surface area contributed by atoms with Gasteiger partial charge in [0.05, 0.1) is 5.69 Å². The second-order valence-corrected chi connectivity index (χ2v) is 8.28. The predicted octanol–water partition coefficient (Wildman–Crippen LogP) is 9.07. The Bertz CT molecular complexity index is 1560. The van der Waals surface area contributed by atoms with Gasteiger partial charge in [-0.05, 0) is 39.6 Å². The van der Waals surface area contributed by atoms with E-state index in [2.05, 4.69) is 139 Å². The molecule has 0 aliphatic heterocycles. The minimum absolute atomic E-state index is 1.11. The normalized spacial score (nSPS) is 11.0. The van der Waals surface area contributed by atoms with Crippen molar-refractivity contribution in [3.8, 4) is 22.3 Å². The minimum atomic E-state index is 1.11. The van der Waals surface area contributed by atoms with E-state index in [1.165, 1.54) is 43.8 Å². The molecule has 0 fully saturated rings. The Hall–Kier alpha value is -4.36. The largest absolute Gasteiger partial charge is 0.354 e. The molecule has 0 bridgehead atoms. The van der Waals surface area contributed by atoms with Gasteiger partial charge in [-0.25, -0.2) is 0 Å². The van der Waals surface area contributed by atoms with Gasteiger partial charge in [-0.1, -0.05) is 121 Å². The van der Waals surface area contributed by atoms with Gasteiger partial charge in [-0.3, -0.25) is 0 Å². The van der Waals surface area contributed by atoms with Crippen molar-refractivity contribution >= 4 is 32.9 Å². The van der Waals surface area contributed by atoms with Crippen LogP contribution in [0.5, 0.6) is 0 Å². The van der Waals surface area contributed by atoms with Crippen molar-refractivity contribution in [3.05, 3.63) is 133 Å². The first-order valence-electron chi connectivity index (χ1n) is 11.3. The van der Waals surface area contributed by atoms with Crippen molar-refractivity contribution in [2.45, 2.75) is 0 Å². The second-order valence-electron chi connectivity index (χ2n) is 8.28. The molecule has 1 heteroatoms. The molecule has 6 aromatic carbocycles. The average Bonchev–Trinajstić information content (AvgIpc) is 2.89. The van der Waals surface area contributed by atoms with Gasteiger partial charge in [0.25, 0.3) is 0 Å². The second kappa shape index (κ2) is 8.29. The standard InChI is InChI=1S/C32H23N/c1-3-12-24(13-4-1)29-22-26-17-8-10-20-28(26)32(31(29)25-15-5-2-6-16-25)33-30-21-11-18-23-14-7-9-19-27(23)30/h1-22,33H. The van der Waals surface area contributed by atoms with Crippen LogP contribution in [0, 0.1) is 0 Å². The van der Waals surface area contributed by atoms with Crippen LogP contribution in [0.2, 0.25) is 0 Å². The van der Waals surface area contributed by atoms with Gasteiger partial charge >= 0.3 is 0 Å². The fourth-order valence-corrected chi connectivity index (χ4v) is 4.70. The van der Waals surface area contributed by atoms with E-state index in [1.54, 1.807) is 0 Å². The third kappa shape index (κ3) is 3.54. The zero-order valence-corrected chi connectivity index (χ0v) is 18.2. The Labute approximate surface area is 194 Å². The minimum Gasteiger partial charge on any atom is -0.354 e. The van der Waals surface area contributed by atoms with Gasteiger partial charge in [0.1, 0.15) is 0 Å². The SMILES string of the molecule is c1ccc(-c2cc3ccccc3c(Nc3cccc4ccccc34)c2-c2ccccc2)cc1. The number of fused-ring (bicyclic) bond motifs is 2. The quantitative estimate of drug-likeness (QED) is 0.299. The first-order valence-corrected chi connectivity index (χ1v) is 11.3. The lowest BCUT2D eigenvalue weighted by Gasteiger charge is -2.21. The van der Waals surface area contributed by atoms with Gasteiger partial charge in [-0.15, -0.1) is 0 Å². The summed E-state index contributed by atoms with van der Waals surface area (Å²) >= 11 is 0. The summed E-state index contributed by atoms with van der Waals surface area (Å²) in [6.45, 7) is 0. The molecule has 0 saturated carbocycles. The average molecular weight is 422 g/mol. The summed E-state index contributed by atoms with van der Waals surface area (Å²) in [7, 11) is 0. The fraction of sp³-hybridized carbons (Fsp3) is 0. The molecular weight excluding hydrogens is 398 g/mol. The Morgan fingerprint density at radius 3 is 1.76 bits per heavy atom. The maximum absolute atomic E-state index is 3.87. The Morgan fingerprint density at radius 2 is 1.00 bits per heavy atom. The summed E-state index contributed by atoms with van der Waals surface area (Å²) in [4.78, 5) is 0. The molecule has 0 saturated heterocycles. The van der Waals surface area contributed by atoms with E-state index < -0.39 is 0 Å². The molecule has 0 heterocycles. The zero-order valence-electron chi connectivity index (χ0n) is 18.2. The number of benzene rings is 6. The van der Waals surface area contributed by atoms with Crippen molar-refractivity contribution in [1.82, 2.24) is 0 Å². The van der Waals surface area contributed by atoms with Gasteiger partial charge in [0.2, 0.25) is 0 Å². The number of rotatable bonds is 4. The topological polar surface area (TPSA) is 12.0 Å². The molecule has 0 atom stereocenters. The van der Waals surface area contributed by atoms with Crippen molar-refractivity contribution < 1.29 is 0 Å². The Morgan fingerprint density at radius 1 is 0.424 bits per heavy atom. The lowest BCUT2D eigenvalue weighted by molar-refractivity contribution is 1.56. The molecule has 33 heavy (non-hydrogen) atoms. The summed E-state index contributed by atoms with van der Waals surface area (Å²) in [6, 6.07) is 47.3. The van der Waals surface area contributed by atoms with Crippen LogP contribution in [0.15, 0.2) is 133 Å². The smallest absolute Gasteiger partial charge is 0.0550 e. The van der Waals surface area contributed by atoms with Gasteiger partial charge in [-0.2, -0.15) is 0 Å². The highest BCUT2D eigenvalue weighted by Crippen LogP contribution is 2.44. The van der Waals surface area contributed by atoms with E-state index in [1.807, 2.05) is 0 Å². The molecular formula is C32H23N. The summed E-state index contributed by atoms with van der Waals surface area (Å²) < 4.78 is 0. The monoisotopic (exact) mass is 421 g/mol. The lowest BCUT2D eigenvalue weighted by atomic mass is 9.89. The van der Waals surface area contributed by atoms with Crippen molar-refractivity contribution in [3.63, 3.8) is 0 Å². The summed E-state index contributed by atoms with van der Waals surface area (Å²) in [5, 5.41) is 8.75. The van der Waals surface area contributed by atoms with Crippen LogP contribution in [0.3, 0.4) is 0 Å². The maximum Gasteiger partial charge on any atom is 0.0550 e. The van der Waals surface area contributed by atoms with E-state index in [0.717, 1.165) is 11.4 Å². The van der Waals surface area contributed by atoms with Crippen LogP contribution < -0.4 is 5.32 Å². The third-order valence-corrected chi connectivity index (χ3v) is 6.25. The number of anilines is 2. The number of nitrogens with one attached hydrogen (secondary N) is 1. The van der Waals surface area contributed by atoms with Crippen LogP contribution in [0.25, 0.3) is 43.8 Å². The van der Waals surface area contributed by atoms with Gasteiger partial charge in [0.15, 0.2) is 0 Å². The van der Waals surface area contributed by atoms with Gasteiger partial charge < -0.3 is 5.32 Å². The Balaban J connectivity index is 1.69. The molecule has 0 radical (unpaired) electrons. The summed E-state index contributed by atoms with van der Waals surface area (Å²) in [5.74, 6) is 0. The van der Waals surface area contributed by atoms with E-state index >= 15 is 0 Å². The molecule has 156 valence electrons. The lowest BCUT2D eigenvalue weighted by Crippen LogP contribution is -1.98. The van der Waals surface area contributed by atoms with Crippen molar-refractivity contribution in [2.75, 3.05) is 5.32 Å². The van der Waals surface area contributed by atoms with Gasteiger partial charge in [0, 0.05) is 22.0 Å². The van der Waals surface area contributed by atoms with Crippen molar-refractivity contribution in [1.29, 1.82) is 0 Å². The van der Waals surface area contributed by atoms with Crippen LogP contribution in [-0.2, 0) is 0 Å². The first kappa shape index (κ1) is 19.3. The first-order chi connectivity index (χ1) is 16.4. The number of hydrogen-bond donors (Lipinski definition) is 1. The summed E-state index contributed by atoms with van der Waals surface area (Å²) in [6.07, 6.45) is 0. The molecule has 0 aliphatic rings. The van der Waals surface area contributed by atoms with Crippen molar-refractivity contribution in [2.24, 2.45) is 0 Å². The highest BCUT2D eigenvalue weighted by molar-refractivity contribution is 6.10. The molecule has 6 aromatic rings. The maximum atomic E-state index is 3.87. The third-order valence-electron chi connectivity index (χ3n) is 6.25. The zero-order chi connectivity index (χ0) is 22.0. The molecule has 6 rings (SSSR count). The molecule has 1 N–H and O–H groups in total. The molecule has 0 aromatic heterocycles. The molecule has 0 amide bonds. The molecule has 0 unspecified atom stereocenters. The van der Waals surface area contributed by atoms with Crippen LogP contribution in [-0.4, -0.2) is 0 Å².